The standard InChI is InChI=1S/C22H20Br2N2O6/c1-21-16(27)10-11-22(21,28)20(26(31)32)17(12-2-6-14(23)7-3-12)19(25(29)30)18(21)13-4-8-15(24)9-5-13/h2-9,17-20,28H,10-11H2,1H3/t17-,18-,19-,20+,21+,22+/m1/s1. The summed E-state index contributed by atoms with van der Waals surface area (Å²) in [6.45, 7) is 1.46. The molecule has 1 N–H and O–H groups in total. The van der Waals surface area contributed by atoms with Gasteiger partial charge in [0, 0.05) is 25.2 Å². The number of halogens is 2. The highest BCUT2D eigenvalue weighted by molar-refractivity contribution is 9.10. The fraction of sp³-hybridized carbons (Fsp3) is 0.409. The molecule has 0 aliphatic heterocycles. The third-order valence-electron chi connectivity index (χ3n) is 7.33. The minimum Gasteiger partial charge on any atom is -0.382 e. The summed E-state index contributed by atoms with van der Waals surface area (Å²) in [6, 6.07) is 10.1. The number of ketones is 1. The maximum absolute atomic E-state index is 13.2. The Labute approximate surface area is 200 Å². The smallest absolute Gasteiger partial charge is 0.255 e. The van der Waals surface area contributed by atoms with E-state index in [1.165, 1.54) is 6.92 Å². The van der Waals surface area contributed by atoms with Crippen LogP contribution in [0.1, 0.15) is 42.7 Å². The molecule has 6 atom stereocenters. The summed E-state index contributed by atoms with van der Waals surface area (Å²) in [5.41, 5.74) is -2.83. The van der Waals surface area contributed by atoms with Crippen LogP contribution in [-0.4, -0.2) is 38.4 Å². The van der Waals surface area contributed by atoms with Crippen molar-refractivity contribution >= 4 is 37.6 Å². The van der Waals surface area contributed by atoms with E-state index in [-0.39, 0.29) is 18.6 Å². The van der Waals surface area contributed by atoms with E-state index in [4.69, 9.17) is 0 Å². The largest absolute Gasteiger partial charge is 0.382 e. The number of fused-ring (bicyclic) bond motifs is 1. The van der Waals surface area contributed by atoms with Crippen molar-refractivity contribution in [1.29, 1.82) is 0 Å². The van der Waals surface area contributed by atoms with Crippen molar-refractivity contribution in [2.45, 2.75) is 49.3 Å². The number of aliphatic hydroxyl groups is 1. The van der Waals surface area contributed by atoms with E-state index in [1.54, 1.807) is 48.5 Å². The molecule has 2 aromatic carbocycles. The van der Waals surface area contributed by atoms with Gasteiger partial charge in [0.1, 0.15) is 17.3 Å². The zero-order chi connectivity index (χ0) is 23.4. The second-order valence-corrected chi connectivity index (χ2v) is 10.5. The molecule has 0 unspecified atom stereocenters. The summed E-state index contributed by atoms with van der Waals surface area (Å²) in [6.07, 6.45) is -0.180. The van der Waals surface area contributed by atoms with E-state index in [9.17, 15) is 30.1 Å². The zero-order valence-electron chi connectivity index (χ0n) is 17.0. The Kier molecular flexibility index (Phi) is 5.75. The highest BCUT2D eigenvalue weighted by Gasteiger charge is 2.78. The molecule has 0 bridgehead atoms. The van der Waals surface area contributed by atoms with Crippen molar-refractivity contribution in [2.75, 3.05) is 0 Å². The van der Waals surface area contributed by atoms with Crippen molar-refractivity contribution in [3.05, 3.63) is 88.8 Å². The van der Waals surface area contributed by atoms with Gasteiger partial charge >= 0.3 is 0 Å². The highest BCUT2D eigenvalue weighted by atomic mass is 79.9. The van der Waals surface area contributed by atoms with E-state index in [0.717, 1.165) is 8.95 Å². The van der Waals surface area contributed by atoms with E-state index >= 15 is 0 Å². The summed E-state index contributed by atoms with van der Waals surface area (Å²) >= 11 is 6.66. The van der Waals surface area contributed by atoms with Crippen LogP contribution in [0.3, 0.4) is 0 Å². The van der Waals surface area contributed by atoms with Crippen LogP contribution in [0.2, 0.25) is 0 Å². The Morgan fingerprint density at radius 2 is 1.44 bits per heavy atom. The van der Waals surface area contributed by atoms with Gasteiger partial charge in [-0.05, 0) is 48.7 Å². The predicted molar refractivity (Wildman–Crippen MR) is 123 cm³/mol. The van der Waals surface area contributed by atoms with Gasteiger partial charge in [0.2, 0.25) is 6.04 Å². The summed E-state index contributed by atoms with van der Waals surface area (Å²) in [5, 5.41) is 36.7. The van der Waals surface area contributed by atoms with Crippen LogP contribution in [0.5, 0.6) is 0 Å². The van der Waals surface area contributed by atoms with Crippen LogP contribution < -0.4 is 0 Å². The molecule has 2 fully saturated rings. The first-order valence-electron chi connectivity index (χ1n) is 10.1. The molecule has 0 spiro atoms. The molecule has 0 heterocycles. The minimum absolute atomic E-state index is 0.0676. The number of carbonyl (C=O) groups is 1. The molecule has 10 heteroatoms. The molecule has 2 aliphatic rings. The molecule has 2 aromatic rings. The molecular formula is C22H20Br2N2O6. The SMILES string of the molecule is C[C@@]12C(=O)CC[C@]1(O)[C@@H]([N+](=O)[O-])[C@H](c1ccc(Br)cc1)[C@@H]([N+](=O)[O-])[C@H]2c1ccc(Br)cc1. The van der Waals surface area contributed by atoms with Crippen molar-refractivity contribution in [3.8, 4) is 0 Å². The Hall–Kier alpha value is -2.17. The van der Waals surface area contributed by atoms with Gasteiger partial charge in [0.25, 0.3) is 6.04 Å². The molecule has 0 saturated heterocycles. The summed E-state index contributed by atoms with van der Waals surface area (Å²) in [7, 11) is 0. The second kappa shape index (κ2) is 8.00. The van der Waals surface area contributed by atoms with Gasteiger partial charge in [-0.3, -0.25) is 25.0 Å². The van der Waals surface area contributed by atoms with Crippen LogP contribution in [0.15, 0.2) is 57.5 Å². The predicted octanol–water partition coefficient (Wildman–Crippen LogP) is 4.48. The number of rotatable bonds is 4. The van der Waals surface area contributed by atoms with Gasteiger partial charge in [0.05, 0.1) is 11.3 Å². The highest BCUT2D eigenvalue weighted by Crippen LogP contribution is 2.63. The Morgan fingerprint density at radius 1 is 0.938 bits per heavy atom. The lowest BCUT2D eigenvalue weighted by Gasteiger charge is -2.52. The molecule has 2 saturated carbocycles. The van der Waals surface area contributed by atoms with E-state index < -0.39 is 44.8 Å². The summed E-state index contributed by atoms with van der Waals surface area (Å²) in [4.78, 5) is 36.9. The van der Waals surface area contributed by atoms with Gasteiger partial charge < -0.3 is 5.11 Å². The lowest BCUT2D eigenvalue weighted by Crippen LogP contribution is -2.69. The Balaban J connectivity index is 2.04. The van der Waals surface area contributed by atoms with Crippen LogP contribution in [-0.2, 0) is 4.79 Å². The van der Waals surface area contributed by atoms with Gasteiger partial charge in [-0.2, -0.15) is 0 Å². The third kappa shape index (κ3) is 3.22. The van der Waals surface area contributed by atoms with E-state index in [0.29, 0.717) is 11.1 Å². The average Bonchev–Trinajstić information content (AvgIpc) is 2.97. The molecule has 8 nitrogen and oxygen atoms in total. The van der Waals surface area contributed by atoms with Gasteiger partial charge in [0.15, 0.2) is 0 Å². The molecule has 0 radical (unpaired) electrons. The first-order chi connectivity index (χ1) is 15.0. The molecule has 32 heavy (non-hydrogen) atoms. The van der Waals surface area contributed by atoms with Crippen molar-refractivity contribution < 1.29 is 19.7 Å². The normalized spacial score (nSPS) is 34.2. The Bertz CT molecular complexity index is 1090. The van der Waals surface area contributed by atoms with Crippen LogP contribution in [0, 0.1) is 25.6 Å². The number of nitro groups is 2. The number of hydrogen-bond acceptors (Lipinski definition) is 6. The topological polar surface area (TPSA) is 124 Å². The van der Waals surface area contributed by atoms with Crippen molar-refractivity contribution in [1.82, 2.24) is 0 Å². The van der Waals surface area contributed by atoms with Gasteiger partial charge in [-0.25, -0.2) is 0 Å². The van der Waals surface area contributed by atoms with Crippen LogP contribution in [0.25, 0.3) is 0 Å². The maximum atomic E-state index is 13.2. The lowest BCUT2D eigenvalue weighted by molar-refractivity contribution is -0.599. The fourth-order valence-electron chi connectivity index (χ4n) is 5.82. The maximum Gasteiger partial charge on any atom is 0.255 e. The number of nitrogens with zero attached hydrogens (tertiary/aromatic N) is 2. The number of benzene rings is 2. The van der Waals surface area contributed by atoms with Gasteiger partial charge in [-0.1, -0.05) is 56.1 Å². The monoisotopic (exact) mass is 566 g/mol. The van der Waals surface area contributed by atoms with Crippen molar-refractivity contribution in [2.24, 2.45) is 5.41 Å². The molecule has 0 aromatic heterocycles. The first kappa shape index (κ1) is 23.0. The third-order valence-corrected chi connectivity index (χ3v) is 8.38. The molecule has 2 aliphatic carbocycles. The Morgan fingerprint density at radius 3 is 1.91 bits per heavy atom. The fourth-order valence-corrected chi connectivity index (χ4v) is 6.35. The van der Waals surface area contributed by atoms with Crippen LogP contribution >= 0.6 is 31.9 Å². The first-order valence-corrected chi connectivity index (χ1v) is 11.6. The minimum atomic E-state index is -2.03. The zero-order valence-corrected chi connectivity index (χ0v) is 20.2. The molecule has 168 valence electrons. The quantitative estimate of drug-likeness (QED) is 0.429. The number of hydrogen-bond donors (Lipinski definition) is 1. The number of Topliss-reactive ketones (excluding diaryl/α,β-unsaturated/α-hetero) is 1. The molecule has 0 amide bonds. The molecule has 4 rings (SSSR count). The van der Waals surface area contributed by atoms with E-state index in [2.05, 4.69) is 31.9 Å². The van der Waals surface area contributed by atoms with Crippen molar-refractivity contribution in [3.63, 3.8) is 0 Å². The van der Waals surface area contributed by atoms with E-state index in [1.807, 2.05) is 0 Å². The summed E-state index contributed by atoms with van der Waals surface area (Å²) in [5.74, 6) is -2.66. The number of carbonyl (C=O) groups excluding carboxylic acids is 1. The lowest BCUT2D eigenvalue weighted by atomic mass is 9.50. The molecular weight excluding hydrogens is 548 g/mol. The van der Waals surface area contributed by atoms with Gasteiger partial charge in [-0.15, -0.1) is 0 Å². The second-order valence-electron chi connectivity index (χ2n) is 8.66. The summed E-state index contributed by atoms with van der Waals surface area (Å²) < 4.78 is 1.47. The van der Waals surface area contributed by atoms with Crippen LogP contribution in [0.4, 0.5) is 0 Å². The average molecular weight is 568 g/mol.